The minimum Gasteiger partial charge on any atom is -0.207 e. The van der Waals surface area contributed by atoms with E-state index < -0.39 is 10.0 Å². The van der Waals surface area contributed by atoms with Gasteiger partial charge in [-0.05, 0) is 17.7 Å². The summed E-state index contributed by atoms with van der Waals surface area (Å²) in [4.78, 5) is 1.05. The van der Waals surface area contributed by atoms with Crippen molar-refractivity contribution in [2.75, 3.05) is 25.6 Å². The fraction of sp³-hybridized carbons (Fsp3) is 0.556. The van der Waals surface area contributed by atoms with Crippen LogP contribution in [0.1, 0.15) is 4.88 Å². The van der Waals surface area contributed by atoms with Crippen LogP contribution in [0.5, 0.6) is 0 Å². The topological polar surface area (TPSA) is 37.4 Å². The van der Waals surface area contributed by atoms with Crippen molar-refractivity contribution in [3.05, 3.63) is 16.3 Å². The van der Waals surface area contributed by atoms with Crippen LogP contribution in [0.4, 0.5) is 0 Å². The van der Waals surface area contributed by atoms with Gasteiger partial charge < -0.3 is 0 Å². The molecule has 0 bridgehead atoms. The van der Waals surface area contributed by atoms with Crippen LogP contribution < -0.4 is 0 Å². The van der Waals surface area contributed by atoms with Crippen LogP contribution in [-0.4, -0.2) is 38.3 Å². The van der Waals surface area contributed by atoms with Crippen LogP contribution in [0, 0.1) is 0 Å². The van der Waals surface area contributed by atoms with Crippen LogP contribution in [0.15, 0.2) is 16.3 Å². The first-order valence-electron chi connectivity index (χ1n) is 4.61. The van der Waals surface area contributed by atoms with Gasteiger partial charge >= 0.3 is 0 Å². The third kappa shape index (κ3) is 3.13. The van der Waals surface area contributed by atoms with E-state index in [1.807, 2.05) is 6.26 Å². The number of hydrogen-bond donors (Lipinski definition) is 0. The quantitative estimate of drug-likeness (QED) is 0.757. The minimum absolute atomic E-state index is 0.239. The van der Waals surface area contributed by atoms with Crippen molar-refractivity contribution in [3.8, 4) is 0 Å². The Morgan fingerprint density at radius 2 is 2.25 bits per heavy atom. The normalized spacial score (nSPS) is 12.2. The summed E-state index contributed by atoms with van der Waals surface area (Å²) in [6.45, 7) is 0.515. The summed E-state index contributed by atoms with van der Waals surface area (Å²) in [5.74, 6) is 1.03. The lowest BCUT2D eigenvalue weighted by molar-refractivity contribution is 0.488. The molecule has 0 unspecified atom stereocenters. The molecular formula is C9H14ClNO2S3. The summed E-state index contributed by atoms with van der Waals surface area (Å²) in [5, 5.41) is 1.76. The first kappa shape index (κ1) is 14.3. The molecule has 0 saturated carbocycles. The van der Waals surface area contributed by atoms with Crippen molar-refractivity contribution in [1.29, 1.82) is 0 Å². The second-order valence-electron chi connectivity index (χ2n) is 3.16. The second kappa shape index (κ2) is 6.26. The van der Waals surface area contributed by atoms with E-state index in [9.17, 15) is 8.42 Å². The van der Waals surface area contributed by atoms with E-state index in [-0.39, 0.29) is 5.88 Å². The fourth-order valence-corrected chi connectivity index (χ4v) is 4.58. The van der Waals surface area contributed by atoms with Crippen LogP contribution in [-0.2, 0) is 15.9 Å². The molecule has 0 spiro atoms. The van der Waals surface area contributed by atoms with Crippen molar-refractivity contribution < 1.29 is 8.42 Å². The van der Waals surface area contributed by atoms with Gasteiger partial charge in [-0.1, -0.05) is 0 Å². The van der Waals surface area contributed by atoms with Crippen molar-refractivity contribution in [1.82, 2.24) is 4.31 Å². The summed E-state index contributed by atoms with van der Waals surface area (Å²) < 4.78 is 25.7. The van der Waals surface area contributed by atoms with Crippen molar-refractivity contribution >= 4 is 44.7 Å². The monoisotopic (exact) mass is 299 g/mol. The molecule has 16 heavy (non-hydrogen) atoms. The van der Waals surface area contributed by atoms with Gasteiger partial charge in [-0.2, -0.15) is 11.8 Å². The molecule has 0 atom stereocenters. The Balaban J connectivity index is 2.93. The van der Waals surface area contributed by atoms with Crippen molar-refractivity contribution in [3.63, 3.8) is 0 Å². The summed E-state index contributed by atoms with van der Waals surface area (Å²) in [6, 6.07) is 1.62. The van der Waals surface area contributed by atoms with Gasteiger partial charge in [0.1, 0.15) is 0 Å². The zero-order chi connectivity index (χ0) is 12.2. The molecule has 0 aromatic carbocycles. The Bertz CT molecular complexity index is 430. The summed E-state index contributed by atoms with van der Waals surface area (Å²) >= 11 is 8.71. The maximum Gasteiger partial charge on any atom is 0.243 e. The largest absolute Gasteiger partial charge is 0.243 e. The van der Waals surface area contributed by atoms with Crippen LogP contribution in [0.3, 0.4) is 0 Å². The second-order valence-corrected chi connectivity index (χ2v) is 7.43. The SMILES string of the molecule is CSCCN(C)S(=O)(=O)c1ccsc1CCl. The number of hydrogen-bond acceptors (Lipinski definition) is 4. The highest BCUT2D eigenvalue weighted by atomic mass is 35.5. The van der Waals surface area contributed by atoms with E-state index in [1.54, 1.807) is 30.3 Å². The predicted octanol–water partition coefficient (Wildman–Crippen LogP) is 2.47. The summed E-state index contributed by atoms with van der Waals surface area (Å²) in [7, 11) is -1.77. The fourth-order valence-electron chi connectivity index (χ4n) is 1.16. The molecule has 1 aromatic heterocycles. The van der Waals surface area contributed by atoms with Crippen molar-refractivity contribution in [2.24, 2.45) is 0 Å². The van der Waals surface area contributed by atoms with Crippen LogP contribution >= 0.6 is 34.7 Å². The summed E-state index contributed by atoms with van der Waals surface area (Å²) in [5.41, 5.74) is 0. The van der Waals surface area contributed by atoms with E-state index in [0.717, 1.165) is 5.75 Å². The Morgan fingerprint density at radius 1 is 1.56 bits per heavy atom. The molecule has 1 rings (SSSR count). The van der Waals surface area contributed by atoms with Gasteiger partial charge in [-0.15, -0.1) is 22.9 Å². The standard InChI is InChI=1S/C9H14ClNO2S3/c1-11(4-6-14-2)16(12,13)9-3-5-15-8(9)7-10/h3,5H,4,6-7H2,1-2H3. The van der Waals surface area contributed by atoms with Gasteiger partial charge in [-0.3, -0.25) is 0 Å². The van der Waals surface area contributed by atoms with Gasteiger partial charge in [0.15, 0.2) is 0 Å². The molecule has 0 aliphatic rings. The maximum absolute atomic E-state index is 12.1. The van der Waals surface area contributed by atoms with Crippen LogP contribution in [0.25, 0.3) is 0 Å². The Kier molecular flexibility index (Phi) is 5.60. The minimum atomic E-state index is -3.36. The molecular weight excluding hydrogens is 286 g/mol. The van der Waals surface area contributed by atoms with E-state index in [2.05, 4.69) is 0 Å². The zero-order valence-electron chi connectivity index (χ0n) is 9.14. The van der Waals surface area contributed by atoms with Gasteiger partial charge in [-0.25, -0.2) is 12.7 Å². The van der Waals surface area contributed by atoms with E-state index in [1.165, 1.54) is 15.6 Å². The molecule has 0 fully saturated rings. The average Bonchev–Trinajstić information content (AvgIpc) is 2.74. The maximum atomic E-state index is 12.1. The number of thioether (sulfide) groups is 1. The number of nitrogens with zero attached hydrogens (tertiary/aromatic N) is 1. The Labute approximate surface area is 110 Å². The lowest BCUT2D eigenvalue weighted by Gasteiger charge is -2.16. The third-order valence-corrected chi connectivity index (χ3v) is 6.13. The van der Waals surface area contributed by atoms with Gasteiger partial charge in [0, 0.05) is 24.2 Å². The number of rotatable bonds is 6. The van der Waals surface area contributed by atoms with E-state index in [4.69, 9.17) is 11.6 Å². The van der Waals surface area contributed by atoms with E-state index in [0.29, 0.717) is 16.3 Å². The lowest BCUT2D eigenvalue weighted by Crippen LogP contribution is -2.29. The highest BCUT2D eigenvalue weighted by Gasteiger charge is 2.23. The molecule has 92 valence electrons. The Morgan fingerprint density at radius 3 is 2.81 bits per heavy atom. The van der Waals surface area contributed by atoms with Gasteiger partial charge in [0.2, 0.25) is 10.0 Å². The van der Waals surface area contributed by atoms with E-state index >= 15 is 0 Å². The van der Waals surface area contributed by atoms with Crippen molar-refractivity contribution in [2.45, 2.75) is 10.8 Å². The van der Waals surface area contributed by atoms with Gasteiger partial charge in [0.05, 0.1) is 10.8 Å². The first-order valence-corrected chi connectivity index (χ1v) is 8.86. The molecule has 1 heterocycles. The molecule has 3 nitrogen and oxygen atoms in total. The zero-order valence-corrected chi connectivity index (χ0v) is 12.3. The predicted molar refractivity (Wildman–Crippen MR) is 72.1 cm³/mol. The highest BCUT2D eigenvalue weighted by molar-refractivity contribution is 7.98. The highest BCUT2D eigenvalue weighted by Crippen LogP contribution is 2.25. The molecule has 0 N–H and O–H groups in total. The number of sulfonamides is 1. The molecule has 0 radical (unpaired) electrons. The van der Waals surface area contributed by atoms with Gasteiger partial charge in [0.25, 0.3) is 0 Å². The number of thiophene rings is 1. The molecule has 0 aliphatic heterocycles. The van der Waals surface area contributed by atoms with Crippen LogP contribution in [0.2, 0.25) is 0 Å². The molecule has 7 heteroatoms. The number of halogens is 1. The first-order chi connectivity index (χ1) is 7.54. The molecule has 0 aliphatic carbocycles. The Hall–Kier alpha value is 0.250. The number of alkyl halides is 1. The molecule has 1 aromatic rings. The summed E-state index contributed by atoms with van der Waals surface area (Å²) in [6.07, 6.45) is 1.95. The average molecular weight is 300 g/mol. The molecule has 0 amide bonds. The lowest BCUT2D eigenvalue weighted by atomic mass is 10.5. The molecule has 0 saturated heterocycles. The third-order valence-electron chi connectivity index (χ3n) is 2.12. The smallest absolute Gasteiger partial charge is 0.207 e.